The molecule has 1 unspecified atom stereocenters. The van der Waals surface area contributed by atoms with E-state index in [-0.39, 0.29) is 17.3 Å². The molecule has 0 aliphatic rings. The molecule has 0 spiro atoms. The Bertz CT molecular complexity index is 1340. The second-order valence-corrected chi connectivity index (χ2v) is 11.0. The second-order valence-electron chi connectivity index (χ2n) is 9.16. The molecule has 0 heterocycles. The third kappa shape index (κ3) is 6.57. The van der Waals surface area contributed by atoms with Crippen molar-refractivity contribution in [3.8, 4) is 0 Å². The summed E-state index contributed by atoms with van der Waals surface area (Å²) in [5.74, 6) is -0.762. The molecule has 8 heteroatoms. The molecule has 0 aliphatic carbocycles. The van der Waals surface area contributed by atoms with Crippen LogP contribution >= 0.6 is 0 Å². The zero-order valence-electron chi connectivity index (χ0n) is 22.1. The number of hydrogen-bond acceptors (Lipinski definition) is 4. The van der Waals surface area contributed by atoms with E-state index >= 15 is 0 Å². The van der Waals surface area contributed by atoms with Gasteiger partial charge in [0.25, 0.3) is 10.0 Å². The minimum atomic E-state index is -4.07. The van der Waals surface area contributed by atoms with Crippen LogP contribution in [0.5, 0.6) is 0 Å². The lowest BCUT2D eigenvalue weighted by atomic mass is 10.1. The highest BCUT2D eigenvalue weighted by atomic mass is 32.2. The Morgan fingerprint density at radius 3 is 2.08 bits per heavy atom. The Labute approximate surface area is 220 Å². The average Bonchev–Trinajstić information content (AvgIpc) is 2.88. The van der Waals surface area contributed by atoms with Gasteiger partial charge in [-0.25, -0.2) is 8.42 Å². The lowest BCUT2D eigenvalue weighted by Crippen LogP contribution is -2.51. The first-order chi connectivity index (χ1) is 17.6. The zero-order valence-corrected chi connectivity index (χ0v) is 22.9. The molecule has 3 rings (SSSR count). The highest BCUT2D eigenvalue weighted by Gasteiger charge is 2.33. The third-order valence-corrected chi connectivity index (χ3v) is 8.11. The lowest BCUT2D eigenvalue weighted by Gasteiger charge is -2.33. The van der Waals surface area contributed by atoms with Gasteiger partial charge in [-0.15, -0.1) is 0 Å². The molecule has 0 radical (unpaired) electrons. The molecular formula is C29H35N3O4S. The van der Waals surface area contributed by atoms with Gasteiger partial charge in [0.05, 0.1) is 10.6 Å². The van der Waals surface area contributed by atoms with Gasteiger partial charge in [-0.3, -0.25) is 13.9 Å². The number of nitrogens with zero attached hydrogens (tertiary/aromatic N) is 2. The van der Waals surface area contributed by atoms with Crippen LogP contribution in [-0.2, 0) is 26.2 Å². The average molecular weight is 522 g/mol. The summed E-state index contributed by atoms with van der Waals surface area (Å²) in [6.07, 6.45) is 0.381. The van der Waals surface area contributed by atoms with Crippen molar-refractivity contribution in [2.75, 3.05) is 17.9 Å². The summed E-state index contributed by atoms with van der Waals surface area (Å²) < 4.78 is 28.8. The van der Waals surface area contributed by atoms with E-state index in [0.29, 0.717) is 12.1 Å². The maximum Gasteiger partial charge on any atom is 0.264 e. The van der Waals surface area contributed by atoms with Gasteiger partial charge in [0, 0.05) is 13.6 Å². The fourth-order valence-electron chi connectivity index (χ4n) is 4.29. The molecule has 0 saturated heterocycles. The van der Waals surface area contributed by atoms with Crippen LogP contribution in [0.3, 0.4) is 0 Å². The number of aryl methyl sites for hydroxylation is 3. The molecule has 0 saturated carbocycles. The van der Waals surface area contributed by atoms with Crippen molar-refractivity contribution in [1.29, 1.82) is 0 Å². The van der Waals surface area contributed by atoms with Crippen LogP contribution in [0.2, 0.25) is 0 Å². The summed E-state index contributed by atoms with van der Waals surface area (Å²) >= 11 is 0. The zero-order chi connectivity index (χ0) is 27.2. The third-order valence-electron chi connectivity index (χ3n) is 6.34. The molecule has 1 atom stereocenters. The van der Waals surface area contributed by atoms with Crippen molar-refractivity contribution in [2.24, 2.45) is 0 Å². The number of nitrogens with one attached hydrogen (secondary N) is 1. The van der Waals surface area contributed by atoms with Gasteiger partial charge in [-0.1, -0.05) is 72.6 Å². The quantitative estimate of drug-likeness (QED) is 0.430. The van der Waals surface area contributed by atoms with Gasteiger partial charge in [-0.05, 0) is 56.5 Å². The molecule has 196 valence electrons. The van der Waals surface area contributed by atoms with E-state index in [1.807, 2.05) is 64.1 Å². The van der Waals surface area contributed by atoms with E-state index in [1.54, 1.807) is 24.3 Å². The summed E-state index contributed by atoms with van der Waals surface area (Å²) in [6.45, 7) is 7.29. The Hall–Kier alpha value is -3.65. The predicted octanol–water partition coefficient (Wildman–Crippen LogP) is 4.36. The minimum absolute atomic E-state index is 0.0891. The van der Waals surface area contributed by atoms with E-state index in [0.717, 1.165) is 26.6 Å². The van der Waals surface area contributed by atoms with Gasteiger partial charge in [0.2, 0.25) is 11.8 Å². The molecule has 1 N–H and O–H groups in total. The number of likely N-dealkylation sites (N-methyl/N-ethyl adjacent to an activating group) is 1. The smallest absolute Gasteiger partial charge is 0.264 e. The number of rotatable bonds is 10. The van der Waals surface area contributed by atoms with Crippen LogP contribution in [0, 0.1) is 20.8 Å². The van der Waals surface area contributed by atoms with Gasteiger partial charge in [0.15, 0.2) is 0 Å². The Morgan fingerprint density at radius 2 is 1.51 bits per heavy atom. The fourth-order valence-corrected chi connectivity index (χ4v) is 5.79. The largest absolute Gasteiger partial charge is 0.357 e. The highest BCUT2D eigenvalue weighted by Crippen LogP contribution is 2.28. The van der Waals surface area contributed by atoms with Crippen molar-refractivity contribution < 1.29 is 18.0 Å². The van der Waals surface area contributed by atoms with Crippen molar-refractivity contribution in [3.63, 3.8) is 0 Å². The molecule has 3 aromatic rings. The van der Waals surface area contributed by atoms with E-state index in [9.17, 15) is 18.0 Å². The fraction of sp³-hybridized carbons (Fsp3) is 0.310. The van der Waals surface area contributed by atoms with Crippen LogP contribution in [0.15, 0.2) is 77.7 Å². The Balaban J connectivity index is 2.08. The normalized spacial score (nSPS) is 12.0. The SMILES string of the molecule is CCC(C(=O)NC)N(Cc1ccc(C)cc1)C(=O)CN(c1ccc(C)cc1C)S(=O)(=O)c1ccccc1. The lowest BCUT2D eigenvalue weighted by molar-refractivity contribution is -0.140. The molecule has 0 aromatic heterocycles. The number of anilines is 1. The number of sulfonamides is 1. The van der Waals surface area contributed by atoms with Crippen molar-refractivity contribution in [2.45, 2.75) is 51.6 Å². The summed E-state index contributed by atoms with van der Waals surface area (Å²) in [5.41, 5.74) is 4.07. The molecule has 2 amide bonds. The monoisotopic (exact) mass is 521 g/mol. The number of carbonyl (C=O) groups excluding carboxylic acids is 2. The highest BCUT2D eigenvalue weighted by molar-refractivity contribution is 7.92. The maximum absolute atomic E-state index is 13.9. The van der Waals surface area contributed by atoms with Gasteiger partial charge < -0.3 is 10.2 Å². The molecule has 0 aliphatic heterocycles. The Kier molecular flexibility index (Phi) is 9.10. The van der Waals surface area contributed by atoms with Crippen LogP contribution in [0.25, 0.3) is 0 Å². The molecule has 37 heavy (non-hydrogen) atoms. The van der Waals surface area contributed by atoms with E-state index in [4.69, 9.17) is 0 Å². The van der Waals surface area contributed by atoms with E-state index in [1.165, 1.54) is 24.1 Å². The Morgan fingerprint density at radius 1 is 0.892 bits per heavy atom. The number of amides is 2. The number of benzene rings is 3. The van der Waals surface area contributed by atoms with Gasteiger partial charge >= 0.3 is 0 Å². The summed E-state index contributed by atoms with van der Waals surface area (Å²) in [4.78, 5) is 28.2. The van der Waals surface area contributed by atoms with Crippen molar-refractivity contribution in [1.82, 2.24) is 10.2 Å². The topological polar surface area (TPSA) is 86.8 Å². The summed E-state index contributed by atoms with van der Waals surface area (Å²) in [6, 6.07) is 20.5. The van der Waals surface area contributed by atoms with E-state index < -0.39 is 28.5 Å². The standard InChI is InChI=1S/C29H35N3O4S/c1-6-26(29(34)30-5)31(19-24-15-12-21(2)13-16-24)28(33)20-32(27-17-14-22(3)18-23(27)4)37(35,36)25-10-8-7-9-11-25/h7-18,26H,6,19-20H2,1-5H3,(H,30,34). The molecule has 7 nitrogen and oxygen atoms in total. The van der Waals surface area contributed by atoms with Crippen LogP contribution in [-0.4, -0.2) is 44.8 Å². The van der Waals surface area contributed by atoms with Crippen LogP contribution in [0.4, 0.5) is 5.69 Å². The number of carbonyl (C=O) groups is 2. The second kappa shape index (κ2) is 12.1. The van der Waals surface area contributed by atoms with E-state index in [2.05, 4.69) is 5.32 Å². The predicted molar refractivity (Wildman–Crippen MR) is 147 cm³/mol. The van der Waals surface area contributed by atoms with Crippen molar-refractivity contribution in [3.05, 3.63) is 95.1 Å². The van der Waals surface area contributed by atoms with Crippen LogP contribution < -0.4 is 9.62 Å². The molecule has 0 bridgehead atoms. The summed E-state index contributed by atoms with van der Waals surface area (Å²) in [7, 11) is -2.54. The van der Waals surface area contributed by atoms with Gasteiger partial charge in [0.1, 0.15) is 12.6 Å². The van der Waals surface area contributed by atoms with Gasteiger partial charge in [-0.2, -0.15) is 0 Å². The molecular weight excluding hydrogens is 486 g/mol. The molecule has 0 fully saturated rings. The minimum Gasteiger partial charge on any atom is -0.357 e. The first-order valence-electron chi connectivity index (χ1n) is 12.3. The molecule has 3 aromatic carbocycles. The van der Waals surface area contributed by atoms with Crippen molar-refractivity contribution >= 4 is 27.5 Å². The number of hydrogen-bond donors (Lipinski definition) is 1. The first kappa shape index (κ1) is 27.9. The summed E-state index contributed by atoms with van der Waals surface area (Å²) in [5, 5.41) is 2.64. The van der Waals surface area contributed by atoms with Crippen LogP contribution in [0.1, 0.15) is 35.6 Å². The first-order valence-corrected chi connectivity index (χ1v) is 13.7. The maximum atomic E-state index is 13.9.